The molecule has 2 saturated heterocycles. The normalized spacial score (nSPS) is 20.0. The smallest absolute Gasteiger partial charge is 0.253 e. The fourth-order valence-electron chi connectivity index (χ4n) is 4.48. The number of amides is 2. The maximum Gasteiger partial charge on any atom is 0.253 e. The number of carbonyl (C=O) groups is 2. The molecule has 2 fully saturated rings. The number of piperidine rings is 1. The van der Waals surface area contributed by atoms with Crippen LogP contribution >= 0.6 is 11.6 Å². The van der Waals surface area contributed by atoms with E-state index in [0.29, 0.717) is 18.7 Å². The Balaban J connectivity index is 1.65. The highest BCUT2D eigenvalue weighted by molar-refractivity contribution is 6.31. The summed E-state index contributed by atoms with van der Waals surface area (Å²) in [6.07, 6.45) is 5.23. The van der Waals surface area contributed by atoms with Crippen LogP contribution in [0.15, 0.2) is 18.2 Å². The van der Waals surface area contributed by atoms with Gasteiger partial charge < -0.3 is 14.7 Å². The van der Waals surface area contributed by atoms with Gasteiger partial charge in [0.25, 0.3) is 5.91 Å². The van der Waals surface area contributed by atoms with Gasteiger partial charge in [-0.2, -0.15) is 0 Å². The molecule has 0 aliphatic carbocycles. The molecule has 166 valence electrons. The zero-order chi connectivity index (χ0) is 21.7. The molecule has 0 bridgehead atoms. The molecule has 1 atom stereocenters. The standard InChI is InChI=1S/C23H33ClFN3O2/c1-17(2)22(29)28(14-6-12-26-10-3-4-11-26)19-7-5-13-27(16-19)23(30)18-8-9-21(25)20(24)15-18/h8-9,15,17,19H,3-7,10-14,16H2,1-2H3. The lowest BCUT2D eigenvalue weighted by molar-refractivity contribution is -0.138. The van der Waals surface area contributed by atoms with Crippen LogP contribution in [0.4, 0.5) is 4.39 Å². The van der Waals surface area contributed by atoms with Crippen LogP contribution in [0.1, 0.15) is 56.3 Å². The van der Waals surface area contributed by atoms with E-state index in [0.717, 1.165) is 45.4 Å². The topological polar surface area (TPSA) is 43.9 Å². The van der Waals surface area contributed by atoms with E-state index in [1.165, 1.54) is 31.0 Å². The molecule has 2 amide bonds. The molecule has 0 N–H and O–H groups in total. The number of hydrogen-bond donors (Lipinski definition) is 0. The van der Waals surface area contributed by atoms with Gasteiger partial charge in [-0.05, 0) is 69.9 Å². The Morgan fingerprint density at radius 2 is 1.93 bits per heavy atom. The molecule has 0 saturated carbocycles. The monoisotopic (exact) mass is 437 g/mol. The van der Waals surface area contributed by atoms with Crippen molar-refractivity contribution >= 4 is 23.4 Å². The minimum absolute atomic E-state index is 0.0205. The molecule has 0 aromatic heterocycles. The number of nitrogens with zero attached hydrogens (tertiary/aromatic N) is 3. The highest BCUT2D eigenvalue weighted by Gasteiger charge is 2.32. The molecule has 0 radical (unpaired) electrons. The van der Waals surface area contributed by atoms with Crippen molar-refractivity contribution in [1.29, 1.82) is 0 Å². The van der Waals surface area contributed by atoms with Crippen molar-refractivity contribution in [2.75, 3.05) is 39.3 Å². The first-order valence-corrected chi connectivity index (χ1v) is 11.5. The third-order valence-corrected chi connectivity index (χ3v) is 6.43. The van der Waals surface area contributed by atoms with Gasteiger partial charge in [0.15, 0.2) is 0 Å². The fraction of sp³-hybridized carbons (Fsp3) is 0.652. The average Bonchev–Trinajstić information content (AvgIpc) is 3.26. The van der Waals surface area contributed by atoms with E-state index in [4.69, 9.17) is 11.6 Å². The molecule has 1 aromatic carbocycles. The van der Waals surface area contributed by atoms with Crippen molar-refractivity contribution in [3.63, 3.8) is 0 Å². The maximum atomic E-state index is 13.5. The summed E-state index contributed by atoms with van der Waals surface area (Å²) in [4.78, 5) is 32.1. The molecule has 2 aliphatic rings. The lowest BCUT2D eigenvalue weighted by Gasteiger charge is -2.40. The van der Waals surface area contributed by atoms with E-state index in [-0.39, 0.29) is 28.8 Å². The van der Waals surface area contributed by atoms with Crippen LogP contribution in [-0.4, -0.2) is 71.8 Å². The van der Waals surface area contributed by atoms with E-state index in [1.54, 1.807) is 4.90 Å². The molecule has 7 heteroatoms. The second-order valence-corrected chi connectivity index (χ2v) is 9.17. The Kier molecular flexibility index (Phi) is 8.12. The van der Waals surface area contributed by atoms with Crippen LogP contribution in [0.25, 0.3) is 0 Å². The van der Waals surface area contributed by atoms with Crippen LogP contribution < -0.4 is 0 Å². The van der Waals surface area contributed by atoms with Crippen molar-refractivity contribution in [2.45, 2.75) is 52.0 Å². The van der Waals surface area contributed by atoms with Crippen LogP contribution in [-0.2, 0) is 4.79 Å². The summed E-state index contributed by atoms with van der Waals surface area (Å²) < 4.78 is 13.5. The maximum absolute atomic E-state index is 13.5. The first-order valence-electron chi connectivity index (χ1n) is 11.1. The third kappa shape index (κ3) is 5.73. The van der Waals surface area contributed by atoms with Gasteiger partial charge in [-0.15, -0.1) is 0 Å². The number of halogens is 2. The number of rotatable bonds is 7. The quantitative estimate of drug-likeness (QED) is 0.646. The lowest BCUT2D eigenvalue weighted by atomic mass is 10.0. The minimum atomic E-state index is -0.531. The Bertz CT molecular complexity index is 752. The summed E-state index contributed by atoms with van der Waals surface area (Å²) in [5, 5.41) is -0.0482. The molecule has 30 heavy (non-hydrogen) atoms. The zero-order valence-electron chi connectivity index (χ0n) is 18.1. The molecule has 0 spiro atoms. The van der Waals surface area contributed by atoms with E-state index in [1.807, 2.05) is 18.7 Å². The molecule has 2 aliphatic heterocycles. The molecular weight excluding hydrogens is 405 g/mol. The predicted octanol–water partition coefficient (Wildman–Crippen LogP) is 4.05. The number of benzene rings is 1. The first-order chi connectivity index (χ1) is 14.4. The summed E-state index contributed by atoms with van der Waals surface area (Å²) in [5.41, 5.74) is 0.387. The largest absolute Gasteiger partial charge is 0.338 e. The Morgan fingerprint density at radius 3 is 2.60 bits per heavy atom. The summed E-state index contributed by atoms with van der Waals surface area (Å²) in [5.74, 6) is -0.605. The van der Waals surface area contributed by atoms with Crippen LogP contribution in [0.3, 0.4) is 0 Å². The molecule has 2 heterocycles. The fourth-order valence-corrected chi connectivity index (χ4v) is 4.66. The van der Waals surface area contributed by atoms with Crippen molar-refractivity contribution in [2.24, 2.45) is 5.92 Å². The van der Waals surface area contributed by atoms with Crippen LogP contribution in [0.2, 0.25) is 5.02 Å². The van der Waals surface area contributed by atoms with Crippen LogP contribution in [0.5, 0.6) is 0 Å². The van der Waals surface area contributed by atoms with E-state index in [9.17, 15) is 14.0 Å². The van der Waals surface area contributed by atoms with Crippen molar-refractivity contribution in [3.8, 4) is 0 Å². The van der Waals surface area contributed by atoms with E-state index < -0.39 is 5.82 Å². The van der Waals surface area contributed by atoms with Gasteiger partial charge in [-0.25, -0.2) is 4.39 Å². The van der Waals surface area contributed by atoms with Crippen LogP contribution in [0, 0.1) is 11.7 Å². The van der Waals surface area contributed by atoms with Crippen molar-refractivity contribution in [1.82, 2.24) is 14.7 Å². The summed E-state index contributed by atoms with van der Waals surface area (Å²) in [6, 6.07) is 4.10. The van der Waals surface area contributed by atoms with Crippen molar-refractivity contribution < 1.29 is 14.0 Å². The highest BCUT2D eigenvalue weighted by atomic mass is 35.5. The van der Waals surface area contributed by atoms with Crippen molar-refractivity contribution in [3.05, 3.63) is 34.6 Å². The molecular formula is C23H33ClFN3O2. The Morgan fingerprint density at radius 1 is 1.20 bits per heavy atom. The Labute approximate surface area is 184 Å². The zero-order valence-corrected chi connectivity index (χ0v) is 18.8. The molecule has 1 unspecified atom stereocenters. The van der Waals surface area contributed by atoms with Gasteiger partial charge in [0, 0.05) is 37.2 Å². The third-order valence-electron chi connectivity index (χ3n) is 6.14. The van der Waals surface area contributed by atoms with E-state index in [2.05, 4.69) is 4.90 Å². The first kappa shape index (κ1) is 23.0. The molecule has 3 rings (SSSR count). The summed E-state index contributed by atoms with van der Waals surface area (Å²) in [7, 11) is 0. The van der Waals surface area contributed by atoms with Gasteiger partial charge in [0.1, 0.15) is 5.82 Å². The number of hydrogen-bond acceptors (Lipinski definition) is 3. The summed E-state index contributed by atoms with van der Waals surface area (Å²) in [6.45, 7) is 9.07. The van der Waals surface area contributed by atoms with E-state index >= 15 is 0 Å². The van der Waals surface area contributed by atoms with Gasteiger partial charge in [-0.3, -0.25) is 9.59 Å². The lowest BCUT2D eigenvalue weighted by Crippen LogP contribution is -2.53. The van der Waals surface area contributed by atoms with Gasteiger partial charge in [0.2, 0.25) is 5.91 Å². The second kappa shape index (κ2) is 10.6. The SMILES string of the molecule is CC(C)C(=O)N(CCCN1CCCC1)C1CCCN(C(=O)c2ccc(F)c(Cl)c2)C1. The summed E-state index contributed by atoms with van der Waals surface area (Å²) >= 11 is 5.86. The number of carbonyl (C=O) groups excluding carboxylic acids is 2. The average molecular weight is 438 g/mol. The number of likely N-dealkylation sites (tertiary alicyclic amines) is 2. The predicted molar refractivity (Wildman–Crippen MR) is 117 cm³/mol. The Hall–Kier alpha value is -1.66. The van der Waals surface area contributed by atoms with Gasteiger partial charge in [0.05, 0.1) is 5.02 Å². The molecule has 1 aromatic rings. The second-order valence-electron chi connectivity index (χ2n) is 8.76. The molecule has 5 nitrogen and oxygen atoms in total. The minimum Gasteiger partial charge on any atom is -0.338 e. The van der Waals surface area contributed by atoms with Gasteiger partial charge in [-0.1, -0.05) is 25.4 Å². The van der Waals surface area contributed by atoms with Gasteiger partial charge >= 0.3 is 0 Å². The highest BCUT2D eigenvalue weighted by Crippen LogP contribution is 2.22.